The Morgan fingerprint density at radius 3 is 2.24 bits per heavy atom. The van der Waals surface area contributed by atoms with Gasteiger partial charge in [0.15, 0.2) is 0 Å². The number of anilines is 1. The maximum absolute atomic E-state index is 14.0. The molecule has 202 valence electrons. The Bertz CT molecular complexity index is 1350. The van der Waals surface area contributed by atoms with Crippen LogP contribution in [0, 0.1) is 6.92 Å². The fourth-order valence-corrected chi connectivity index (χ4v) is 5.33. The minimum Gasteiger partial charge on any atom is -0.354 e. The van der Waals surface area contributed by atoms with Crippen LogP contribution in [0.1, 0.15) is 30.0 Å². The van der Waals surface area contributed by atoms with Crippen LogP contribution in [0.3, 0.4) is 0 Å². The van der Waals surface area contributed by atoms with Crippen LogP contribution < -0.4 is 9.62 Å². The summed E-state index contributed by atoms with van der Waals surface area (Å²) in [6.45, 7) is 4.01. The molecule has 0 aliphatic heterocycles. The molecule has 1 N–H and O–H groups in total. The second-order valence-electron chi connectivity index (χ2n) is 9.23. The van der Waals surface area contributed by atoms with Crippen LogP contribution in [0.15, 0.2) is 78.9 Å². The van der Waals surface area contributed by atoms with Gasteiger partial charge in [-0.3, -0.25) is 13.9 Å². The summed E-state index contributed by atoms with van der Waals surface area (Å²) in [6.07, 6.45) is 2.05. The lowest BCUT2D eigenvalue weighted by atomic mass is 10.0. The molecule has 0 unspecified atom stereocenters. The van der Waals surface area contributed by atoms with E-state index >= 15 is 0 Å². The van der Waals surface area contributed by atoms with Crippen molar-refractivity contribution < 1.29 is 18.0 Å². The van der Waals surface area contributed by atoms with Gasteiger partial charge in [0.2, 0.25) is 21.8 Å². The normalized spacial score (nSPS) is 12.0. The van der Waals surface area contributed by atoms with Gasteiger partial charge >= 0.3 is 0 Å². The number of sulfonamides is 1. The molecule has 3 aromatic carbocycles. The van der Waals surface area contributed by atoms with Crippen molar-refractivity contribution >= 4 is 39.1 Å². The van der Waals surface area contributed by atoms with Crippen molar-refractivity contribution in [3.63, 3.8) is 0 Å². The Hall–Kier alpha value is -3.36. The predicted molar refractivity (Wildman–Crippen MR) is 153 cm³/mol. The quantitative estimate of drug-likeness (QED) is 0.354. The Morgan fingerprint density at radius 2 is 1.61 bits per heavy atom. The first kappa shape index (κ1) is 29.2. The summed E-state index contributed by atoms with van der Waals surface area (Å²) in [5.74, 6) is -0.801. The molecule has 0 heterocycles. The van der Waals surface area contributed by atoms with Gasteiger partial charge in [0.1, 0.15) is 12.6 Å². The SMILES string of the molecule is CCCNC(=O)[C@H](Cc1ccccc1)N(Cc1cccc(C)c1)C(=O)CN(c1ccccc1Cl)S(C)(=O)=O. The van der Waals surface area contributed by atoms with E-state index in [9.17, 15) is 18.0 Å². The molecule has 3 aromatic rings. The van der Waals surface area contributed by atoms with E-state index in [0.29, 0.717) is 6.54 Å². The zero-order valence-electron chi connectivity index (χ0n) is 21.9. The second-order valence-corrected chi connectivity index (χ2v) is 11.5. The number of amides is 2. The lowest BCUT2D eigenvalue weighted by Crippen LogP contribution is -2.53. The minimum absolute atomic E-state index is 0.137. The number of para-hydroxylation sites is 1. The summed E-state index contributed by atoms with van der Waals surface area (Å²) in [7, 11) is -3.87. The number of halogens is 1. The van der Waals surface area contributed by atoms with Crippen LogP contribution in [-0.4, -0.2) is 50.5 Å². The molecule has 7 nitrogen and oxygen atoms in total. The Kier molecular flexibility index (Phi) is 10.3. The smallest absolute Gasteiger partial charge is 0.244 e. The van der Waals surface area contributed by atoms with E-state index in [-0.39, 0.29) is 29.6 Å². The molecule has 0 saturated heterocycles. The first-order valence-electron chi connectivity index (χ1n) is 12.5. The number of hydrogen-bond acceptors (Lipinski definition) is 4. The van der Waals surface area contributed by atoms with Crippen LogP contribution in [0.25, 0.3) is 0 Å². The largest absolute Gasteiger partial charge is 0.354 e. The summed E-state index contributed by atoms with van der Waals surface area (Å²) in [5.41, 5.74) is 2.94. The first-order chi connectivity index (χ1) is 18.1. The van der Waals surface area contributed by atoms with Gasteiger partial charge in [-0.05, 0) is 36.6 Å². The van der Waals surface area contributed by atoms with E-state index in [2.05, 4.69) is 5.32 Å². The van der Waals surface area contributed by atoms with Gasteiger partial charge in [0.25, 0.3) is 0 Å². The van der Waals surface area contributed by atoms with Crippen molar-refractivity contribution in [3.05, 3.63) is 101 Å². The van der Waals surface area contributed by atoms with Crippen molar-refractivity contribution in [2.75, 3.05) is 23.7 Å². The van der Waals surface area contributed by atoms with Crippen LogP contribution in [0.2, 0.25) is 5.02 Å². The van der Waals surface area contributed by atoms with Crippen molar-refractivity contribution in [1.82, 2.24) is 10.2 Å². The molecule has 38 heavy (non-hydrogen) atoms. The van der Waals surface area contributed by atoms with Gasteiger partial charge < -0.3 is 10.2 Å². The third-order valence-electron chi connectivity index (χ3n) is 6.06. The number of carbonyl (C=O) groups excluding carboxylic acids is 2. The van der Waals surface area contributed by atoms with Gasteiger partial charge in [0.05, 0.1) is 17.0 Å². The monoisotopic (exact) mass is 555 g/mol. The Morgan fingerprint density at radius 1 is 0.947 bits per heavy atom. The predicted octanol–water partition coefficient (Wildman–Crippen LogP) is 4.58. The molecule has 0 aliphatic carbocycles. The van der Waals surface area contributed by atoms with Gasteiger partial charge in [0, 0.05) is 19.5 Å². The van der Waals surface area contributed by atoms with Crippen LogP contribution >= 0.6 is 11.6 Å². The molecule has 0 aromatic heterocycles. The molecule has 0 saturated carbocycles. The lowest BCUT2D eigenvalue weighted by Gasteiger charge is -2.33. The van der Waals surface area contributed by atoms with Gasteiger partial charge in [-0.25, -0.2) is 8.42 Å². The maximum Gasteiger partial charge on any atom is 0.244 e. The maximum atomic E-state index is 14.0. The zero-order chi connectivity index (χ0) is 27.7. The van der Waals surface area contributed by atoms with Crippen LogP contribution in [-0.2, 0) is 32.6 Å². The van der Waals surface area contributed by atoms with Crippen molar-refractivity contribution in [1.29, 1.82) is 0 Å². The van der Waals surface area contributed by atoms with Crippen molar-refractivity contribution in [3.8, 4) is 0 Å². The highest BCUT2D eigenvalue weighted by atomic mass is 35.5. The number of aryl methyl sites for hydroxylation is 1. The second kappa shape index (κ2) is 13.4. The highest BCUT2D eigenvalue weighted by Crippen LogP contribution is 2.27. The third kappa shape index (κ3) is 8.07. The molecule has 0 aliphatic rings. The number of rotatable bonds is 12. The topological polar surface area (TPSA) is 86.8 Å². The molecular formula is C29H34ClN3O4S. The van der Waals surface area contributed by atoms with Gasteiger partial charge in [-0.1, -0.05) is 90.8 Å². The fraction of sp³-hybridized carbons (Fsp3) is 0.310. The van der Waals surface area contributed by atoms with Crippen LogP contribution in [0.5, 0.6) is 0 Å². The molecule has 3 rings (SSSR count). The van der Waals surface area contributed by atoms with Gasteiger partial charge in [-0.15, -0.1) is 0 Å². The van der Waals surface area contributed by atoms with E-state index in [1.165, 1.54) is 4.90 Å². The lowest BCUT2D eigenvalue weighted by molar-refractivity contribution is -0.140. The molecule has 9 heteroatoms. The number of benzene rings is 3. The molecule has 1 atom stereocenters. The number of carbonyl (C=O) groups is 2. The fourth-order valence-electron chi connectivity index (χ4n) is 4.18. The summed E-state index contributed by atoms with van der Waals surface area (Å²) >= 11 is 6.32. The summed E-state index contributed by atoms with van der Waals surface area (Å²) in [4.78, 5) is 28.9. The summed E-state index contributed by atoms with van der Waals surface area (Å²) in [5, 5.41) is 3.13. The Balaban J connectivity index is 2.05. The summed E-state index contributed by atoms with van der Waals surface area (Å²) in [6, 6.07) is 22.8. The molecule has 0 spiro atoms. The molecule has 0 fully saturated rings. The molecule has 2 amide bonds. The molecule has 0 bridgehead atoms. The van der Waals surface area contributed by atoms with E-state index in [4.69, 9.17) is 11.6 Å². The minimum atomic E-state index is -3.87. The summed E-state index contributed by atoms with van der Waals surface area (Å²) < 4.78 is 26.6. The van der Waals surface area contributed by atoms with E-state index in [0.717, 1.165) is 33.7 Å². The third-order valence-corrected chi connectivity index (χ3v) is 7.50. The molecular weight excluding hydrogens is 522 g/mol. The highest BCUT2D eigenvalue weighted by molar-refractivity contribution is 7.92. The standard InChI is InChI=1S/C29H34ClN3O4S/c1-4-17-31-29(35)27(19-23-12-6-5-7-13-23)32(20-24-14-10-11-22(2)18-24)28(34)21-33(38(3,36)37)26-16-9-8-15-25(26)30/h5-16,18,27H,4,17,19-21H2,1-3H3,(H,31,35)/t27-/m0/s1. The van der Waals surface area contributed by atoms with Crippen molar-refractivity contribution in [2.45, 2.75) is 39.3 Å². The first-order valence-corrected chi connectivity index (χ1v) is 14.7. The average molecular weight is 556 g/mol. The van der Waals surface area contributed by atoms with E-state index < -0.39 is 28.5 Å². The highest BCUT2D eigenvalue weighted by Gasteiger charge is 2.33. The Labute approximate surface area is 230 Å². The zero-order valence-corrected chi connectivity index (χ0v) is 23.5. The van der Waals surface area contributed by atoms with Crippen LogP contribution in [0.4, 0.5) is 5.69 Å². The van der Waals surface area contributed by atoms with E-state index in [1.54, 1.807) is 24.3 Å². The van der Waals surface area contributed by atoms with Crippen molar-refractivity contribution in [2.24, 2.45) is 0 Å². The molecule has 0 radical (unpaired) electrons. The average Bonchev–Trinajstić information content (AvgIpc) is 2.88. The number of nitrogens with zero attached hydrogens (tertiary/aromatic N) is 2. The number of nitrogens with one attached hydrogen (secondary N) is 1. The van der Waals surface area contributed by atoms with E-state index in [1.807, 2.05) is 68.4 Å². The van der Waals surface area contributed by atoms with Gasteiger partial charge in [-0.2, -0.15) is 0 Å². The number of hydrogen-bond donors (Lipinski definition) is 1.